The van der Waals surface area contributed by atoms with E-state index >= 15 is 0 Å². The summed E-state index contributed by atoms with van der Waals surface area (Å²) in [6, 6.07) is 0. The first-order valence-electron chi connectivity index (χ1n) is 9.59. The van der Waals surface area contributed by atoms with Crippen molar-refractivity contribution in [1.29, 1.82) is 0 Å². The molecule has 0 unspecified atom stereocenters. The molecule has 1 saturated carbocycles. The van der Waals surface area contributed by atoms with Crippen molar-refractivity contribution in [3.05, 3.63) is 0 Å². The molecule has 0 aromatic heterocycles. The molecule has 1 saturated heterocycles. The van der Waals surface area contributed by atoms with Gasteiger partial charge in [0, 0.05) is 32.7 Å². The van der Waals surface area contributed by atoms with Crippen LogP contribution in [0.15, 0.2) is 0 Å². The first-order valence-corrected chi connectivity index (χ1v) is 9.59. The van der Waals surface area contributed by atoms with E-state index in [4.69, 9.17) is 4.74 Å². The number of hydrogen-bond donors (Lipinski definition) is 0. The van der Waals surface area contributed by atoms with E-state index in [0.717, 1.165) is 11.8 Å². The van der Waals surface area contributed by atoms with Gasteiger partial charge in [-0.2, -0.15) is 0 Å². The number of likely N-dealkylation sites (N-methyl/N-ethyl adjacent to an activating group) is 1. The van der Waals surface area contributed by atoms with Crippen LogP contribution < -0.4 is 0 Å². The Bertz CT molecular complexity index is 292. The Morgan fingerprint density at radius 3 is 2.18 bits per heavy atom. The molecule has 0 spiro atoms. The Hall–Kier alpha value is -0.120. The van der Waals surface area contributed by atoms with E-state index in [-0.39, 0.29) is 0 Å². The molecule has 0 radical (unpaired) electrons. The van der Waals surface area contributed by atoms with Crippen LogP contribution in [0.5, 0.6) is 0 Å². The summed E-state index contributed by atoms with van der Waals surface area (Å²) < 4.78 is 5.96. The van der Waals surface area contributed by atoms with E-state index < -0.39 is 0 Å². The van der Waals surface area contributed by atoms with Gasteiger partial charge in [-0.25, -0.2) is 0 Å². The molecular formula is C19H38N2O. The van der Waals surface area contributed by atoms with Crippen LogP contribution in [-0.4, -0.2) is 61.8 Å². The topological polar surface area (TPSA) is 15.7 Å². The molecule has 1 aliphatic heterocycles. The summed E-state index contributed by atoms with van der Waals surface area (Å²) in [5.41, 5.74) is 0. The molecule has 3 nitrogen and oxygen atoms in total. The van der Waals surface area contributed by atoms with Crippen molar-refractivity contribution in [2.75, 3.05) is 39.8 Å². The molecule has 0 N–H and O–H groups in total. The van der Waals surface area contributed by atoms with Crippen LogP contribution in [-0.2, 0) is 4.74 Å². The Kier molecular flexibility index (Phi) is 7.66. The maximum atomic E-state index is 5.96. The average Bonchev–Trinajstić information content (AvgIpc) is 2.48. The maximum Gasteiger partial charge on any atom is 0.0578 e. The summed E-state index contributed by atoms with van der Waals surface area (Å²) in [6.45, 7) is 13.1. The zero-order valence-corrected chi connectivity index (χ0v) is 15.4. The zero-order valence-electron chi connectivity index (χ0n) is 15.4. The fourth-order valence-electron chi connectivity index (χ4n) is 4.02. The van der Waals surface area contributed by atoms with E-state index in [1.807, 2.05) is 0 Å². The van der Waals surface area contributed by atoms with E-state index in [1.54, 1.807) is 0 Å². The van der Waals surface area contributed by atoms with Gasteiger partial charge in [-0.1, -0.05) is 13.3 Å². The van der Waals surface area contributed by atoms with Crippen LogP contribution in [0.3, 0.4) is 0 Å². The van der Waals surface area contributed by atoms with Crippen LogP contribution in [0.4, 0.5) is 0 Å². The lowest BCUT2D eigenvalue weighted by molar-refractivity contribution is -0.0206. The van der Waals surface area contributed by atoms with Crippen LogP contribution >= 0.6 is 0 Å². The lowest BCUT2D eigenvalue weighted by atomic mass is 9.83. The van der Waals surface area contributed by atoms with Gasteiger partial charge in [-0.15, -0.1) is 0 Å². The predicted octanol–water partition coefficient (Wildman–Crippen LogP) is 3.63. The summed E-state index contributed by atoms with van der Waals surface area (Å²) in [5.74, 6) is 1.81. The fraction of sp³-hybridized carbons (Fsp3) is 1.00. The normalized spacial score (nSPS) is 29.9. The Morgan fingerprint density at radius 2 is 1.59 bits per heavy atom. The third-order valence-electron chi connectivity index (χ3n) is 5.49. The predicted molar refractivity (Wildman–Crippen MR) is 94.3 cm³/mol. The van der Waals surface area contributed by atoms with Gasteiger partial charge < -0.3 is 14.5 Å². The van der Waals surface area contributed by atoms with Crippen LogP contribution in [0.2, 0.25) is 0 Å². The number of ether oxygens (including phenoxy) is 1. The van der Waals surface area contributed by atoms with Gasteiger partial charge in [0.1, 0.15) is 0 Å². The highest BCUT2D eigenvalue weighted by Gasteiger charge is 2.23. The lowest BCUT2D eigenvalue weighted by Gasteiger charge is -2.34. The second kappa shape index (κ2) is 9.24. The van der Waals surface area contributed by atoms with Crippen LogP contribution in [0.1, 0.15) is 59.3 Å². The van der Waals surface area contributed by atoms with Crippen molar-refractivity contribution in [2.45, 2.75) is 71.5 Å². The van der Waals surface area contributed by atoms with Gasteiger partial charge in [0.05, 0.1) is 12.2 Å². The molecule has 0 bridgehead atoms. The summed E-state index contributed by atoms with van der Waals surface area (Å²) in [7, 11) is 2.24. The molecule has 0 amide bonds. The van der Waals surface area contributed by atoms with Gasteiger partial charge >= 0.3 is 0 Å². The van der Waals surface area contributed by atoms with E-state index in [9.17, 15) is 0 Å². The fourth-order valence-corrected chi connectivity index (χ4v) is 4.02. The molecule has 0 aromatic carbocycles. The Balaban J connectivity index is 1.56. The van der Waals surface area contributed by atoms with Crippen molar-refractivity contribution in [1.82, 2.24) is 9.80 Å². The average molecular weight is 311 g/mol. The first kappa shape index (κ1) is 18.2. The second-order valence-electron chi connectivity index (χ2n) is 8.11. The number of piperazine rings is 1. The van der Waals surface area contributed by atoms with Gasteiger partial charge in [0.25, 0.3) is 0 Å². The molecule has 1 heterocycles. The molecule has 22 heavy (non-hydrogen) atoms. The molecule has 130 valence electrons. The quantitative estimate of drug-likeness (QED) is 0.714. The zero-order chi connectivity index (χ0) is 15.9. The van der Waals surface area contributed by atoms with Gasteiger partial charge in [0.15, 0.2) is 0 Å². The number of nitrogens with zero attached hydrogens (tertiary/aromatic N) is 2. The summed E-state index contributed by atoms with van der Waals surface area (Å²) in [6.07, 6.45) is 9.13. The Labute approximate surface area is 138 Å². The second-order valence-corrected chi connectivity index (χ2v) is 8.11. The summed E-state index contributed by atoms with van der Waals surface area (Å²) in [4.78, 5) is 5.11. The largest absolute Gasteiger partial charge is 0.376 e. The van der Waals surface area contributed by atoms with E-state index in [0.29, 0.717) is 12.2 Å². The van der Waals surface area contributed by atoms with Gasteiger partial charge in [-0.3, -0.25) is 0 Å². The molecular weight excluding hydrogens is 272 g/mol. The van der Waals surface area contributed by atoms with Crippen molar-refractivity contribution >= 4 is 0 Å². The highest BCUT2D eigenvalue weighted by Crippen LogP contribution is 2.31. The molecule has 2 fully saturated rings. The molecule has 3 heteroatoms. The standard InChI is InChI=1S/C19H38N2O/c1-16(2)22-19-9-7-18(8-10-19)6-5-17(3)15-21-13-11-20(4)12-14-21/h16-19H,5-15H2,1-4H3/t17-,18?,19?/m0/s1. The van der Waals surface area contributed by atoms with Crippen molar-refractivity contribution < 1.29 is 4.74 Å². The van der Waals surface area contributed by atoms with E-state index in [1.165, 1.54) is 71.2 Å². The third-order valence-corrected chi connectivity index (χ3v) is 5.49. The molecule has 0 aromatic rings. The summed E-state index contributed by atoms with van der Waals surface area (Å²) in [5, 5.41) is 0. The van der Waals surface area contributed by atoms with Gasteiger partial charge in [0.2, 0.25) is 0 Å². The number of rotatable bonds is 7. The molecule has 1 aliphatic carbocycles. The van der Waals surface area contributed by atoms with Crippen LogP contribution in [0.25, 0.3) is 0 Å². The molecule has 2 rings (SSSR count). The smallest absolute Gasteiger partial charge is 0.0578 e. The minimum atomic E-state index is 0.394. The SMILES string of the molecule is CC(C)OC1CCC(CC[C@H](C)CN2CCN(C)CC2)CC1. The highest BCUT2D eigenvalue weighted by atomic mass is 16.5. The van der Waals surface area contributed by atoms with Crippen molar-refractivity contribution in [3.8, 4) is 0 Å². The van der Waals surface area contributed by atoms with Crippen molar-refractivity contribution in [3.63, 3.8) is 0 Å². The summed E-state index contributed by atoms with van der Waals surface area (Å²) >= 11 is 0. The van der Waals surface area contributed by atoms with Gasteiger partial charge in [-0.05, 0) is 64.8 Å². The molecule has 2 aliphatic rings. The highest BCUT2D eigenvalue weighted by molar-refractivity contribution is 4.76. The number of hydrogen-bond acceptors (Lipinski definition) is 3. The minimum absolute atomic E-state index is 0.394. The Morgan fingerprint density at radius 1 is 0.955 bits per heavy atom. The minimum Gasteiger partial charge on any atom is -0.376 e. The lowest BCUT2D eigenvalue weighted by Crippen LogP contribution is -2.45. The molecule has 1 atom stereocenters. The monoisotopic (exact) mass is 310 g/mol. The third kappa shape index (κ3) is 6.55. The maximum absolute atomic E-state index is 5.96. The van der Waals surface area contributed by atoms with E-state index in [2.05, 4.69) is 37.6 Å². The van der Waals surface area contributed by atoms with Crippen molar-refractivity contribution in [2.24, 2.45) is 11.8 Å². The van der Waals surface area contributed by atoms with Crippen LogP contribution in [0, 0.1) is 11.8 Å². The first-order chi connectivity index (χ1) is 10.5.